The molecule has 7 nitrogen and oxygen atoms in total. The fourth-order valence-corrected chi connectivity index (χ4v) is 5.05. The fraction of sp³-hybridized carbons (Fsp3) is 0.667. The topological polar surface area (TPSA) is 84.4 Å². The maximum Gasteiger partial charge on any atom is 0.204 e. The van der Waals surface area contributed by atoms with Gasteiger partial charge in [0.2, 0.25) is 5.75 Å². The zero-order chi connectivity index (χ0) is 15.5. The molecular formula is C12H20N4O3S2. The Kier molecular flexibility index (Phi) is 5.15. The summed E-state index contributed by atoms with van der Waals surface area (Å²) in [7, 11) is -1.67. The number of aromatic nitrogens is 2. The molecular weight excluding hydrogens is 312 g/mol. The number of anilines is 2. The van der Waals surface area contributed by atoms with Crippen LogP contribution in [-0.4, -0.2) is 61.7 Å². The Morgan fingerprint density at radius 1 is 1.52 bits per heavy atom. The van der Waals surface area contributed by atoms with Gasteiger partial charge in [0.1, 0.15) is 11.7 Å². The summed E-state index contributed by atoms with van der Waals surface area (Å²) in [5.41, 5.74) is 0. The van der Waals surface area contributed by atoms with Gasteiger partial charge in [0.25, 0.3) is 0 Å². The standard InChI is InChI=1S/C12H20N4O3S2/c1-4-13-11-10(19-2)12(15-8-14-11)16-5-6-20-7-9(16)21(3,17)18/h8-9H,4-7H2,1-3H3,(H,13,14,15). The molecule has 1 aliphatic heterocycles. The molecule has 1 fully saturated rings. The lowest BCUT2D eigenvalue weighted by atomic mass is 10.4. The first kappa shape index (κ1) is 16.2. The Balaban J connectivity index is 2.45. The Labute approximate surface area is 129 Å². The first-order chi connectivity index (χ1) is 9.99. The summed E-state index contributed by atoms with van der Waals surface area (Å²) in [5.74, 6) is 2.98. The van der Waals surface area contributed by atoms with E-state index in [1.54, 1.807) is 16.7 Å². The van der Waals surface area contributed by atoms with Crippen molar-refractivity contribution in [1.29, 1.82) is 0 Å². The summed E-state index contributed by atoms with van der Waals surface area (Å²) in [4.78, 5) is 10.2. The zero-order valence-electron chi connectivity index (χ0n) is 12.4. The number of hydrogen-bond acceptors (Lipinski definition) is 8. The van der Waals surface area contributed by atoms with Crippen molar-refractivity contribution in [3.63, 3.8) is 0 Å². The molecule has 1 atom stereocenters. The molecule has 0 amide bonds. The molecule has 0 aliphatic carbocycles. The third-order valence-electron chi connectivity index (χ3n) is 3.18. The molecule has 21 heavy (non-hydrogen) atoms. The van der Waals surface area contributed by atoms with Crippen molar-refractivity contribution in [3.05, 3.63) is 6.33 Å². The van der Waals surface area contributed by atoms with E-state index < -0.39 is 15.2 Å². The predicted octanol–water partition coefficient (Wildman–Crippen LogP) is 0.841. The van der Waals surface area contributed by atoms with Crippen LogP contribution in [0.5, 0.6) is 5.75 Å². The monoisotopic (exact) mass is 332 g/mol. The van der Waals surface area contributed by atoms with Crippen molar-refractivity contribution in [1.82, 2.24) is 9.97 Å². The number of nitrogens with zero attached hydrogens (tertiary/aromatic N) is 3. The molecule has 118 valence electrons. The van der Waals surface area contributed by atoms with Gasteiger partial charge in [0.15, 0.2) is 21.5 Å². The Morgan fingerprint density at radius 3 is 2.90 bits per heavy atom. The van der Waals surface area contributed by atoms with Crippen LogP contribution in [-0.2, 0) is 9.84 Å². The lowest BCUT2D eigenvalue weighted by Crippen LogP contribution is -2.47. The Morgan fingerprint density at radius 2 is 2.29 bits per heavy atom. The summed E-state index contributed by atoms with van der Waals surface area (Å²) in [6, 6.07) is 0. The summed E-state index contributed by atoms with van der Waals surface area (Å²) in [6.07, 6.45) is 2.69. The lowest BCUT2D eigenvalue weighted by Gasteiger charge is -2.35. The second-order valence-electron chi connectivity index (χ2n) is 4.66. The van der Waals surface area contributed by atoms with Gasteiger partial charge in [-0.3, -0.25) is 0 Å². The van der Waals surface area contributed by atoms with Crippen molar-refractivity contribution in [2.45, 2.75) is 12.3 Å². The van der Waals surface area contributed by atoms with Crippen LogP contribution in [0.1, 0.15) is 6.92 Å². The third kappa shape index (κ3) is 3.52. The van der Waals surface area contributed by atoms with Gasteiger partial charge in [-0.05, 0) is 6.92 Å². The van der Waals surface area contributed by atoms with Gasteiger partial charge in [0.05, 0.1) is 7.11 Å². The summed E-state index contributed by atoms with van der Waals surface area (Å²) >= 11 is 1.64. The molecule has 1 saturated heterocycles. The van der Waals surface area contributed by atoms with Gasteiger partial charge in [-0.25, -0.2) is 18.4 Å². The quantitative estimate of drug-likeness (QED) is 0.849. The van der Waals surface area contributed by atoms with Crippen LogP contribution in [0.15, 0.2) is 6.33 Å². The minimum absolute atomic E-state index is 0.486. The second kappa shape index (κ2) is 6.69. The van der Waals surface area contributed by atoms with Crippen molar-refractivity contribution in [3.8, 4) is 5.75 Å². The average molecular weight is 332 g/mol. The molecule has 1 aromatic heterocycles. The number of nitrogens with one attached hydrogen (secondary N) is 1. The molecule has 1 aliphatic rings. The molecule has 0 radical (unpaired) electrons. The number of rotatable bonds is 5. The maximum atomic E-state index is 12.0. The smallest absolute Gasteiger partial charge is 0.204 e. The van der Waals surface area contributed by atoms with Crippen LogP contribution in [0.2, 0.25) is 0 Å². The highest BCUT2D eigenvalue weighted by Crippen LogP contribution is 2.35. The van der Waals surface area contributed by atoms with E-state index in [2.05, 4.69) is 15.3 Å². The molecule has 9 heteroatoms. The van der Waals surface area contributed by atoms with E-state index >= 15 is 0 Å². The minimum atomic E-state index is -3.20. The molecule has 2 rings (SSSR count). The highest BCUT2D eigenvalue weighted by molar-refractivity contribution is 8.01. The Bertz CT molecular complexity index is 594. The van der Waals surface area contributed by atoms with Gasteiger partial charge < -0.3 is 15.0 Å². The number of sulfone groups is 1. The van der Waals surface area contributed by atoms with Crippen molar-refractivity contribution in [2.24, 2.45) is 0 Å². The summed E-state index contributed by atoms with van der Waals surface area (Å²) < 4.78 is 29.5. The van der Waals surface area contributed by atoms with E-state index in [0.29, 0.717) is 36.2 Å². The number of ether oxygens (including phenoxy) is 1. The van der Waals surface area contributed by atoms with Crippen LogP contribution in [0.4, 0.5) is 11.6 Å². The van der Waals surface area contributed by atoms with E-state index in [-0.39, 0.29) is 0 Å². The van der Waals surface area contributed by atoms with E-state index in [0.717, 1.165) is 5.75 Å². The second-order valence-corrected chi connectivity index (χ2v) is 8.01. The molecule has 2 heterocycles. The molecule has 1 N–H and O–H groups in total. The highest BCUT2D eigenvalue weighted by atomic mass is 32.2. The van der Waals surface area contributed by atoms with Crippen LogP contribution < -0.4 is 15.0 Å². The fourth-order valence-electron chi connectivity index (χ4n) is 2.23. The van der Waals surface area contributed by atoms with Gasteiger partial charge in [-0.1, -0.05) is 0 Å². The van der Waals surface area contributed by atoms with Gasteiger partial charge >= 0.3 is 0 Å². The van der Waals surface area contributed by atoms with Gasteiger partial charge in [-0.2, -0.15) is 11.8 Å². The molecule has 1 aromatic rings. The Hall–Kier alpha value is -1.22. The largest absolute Gasteiger partial charge is 0.490 e. The normalized spacial score (nSPS) is 19.4. The van der Waals surface area contributed by atoms with E-state index in [4.69, 9.17) is 4.74 Å². The van der Waals surface area contributed by atoms with Crippen LogP contribution in [0.25, 0.3) is 0 Å². The highest BCUT2D eigenvalue weighted by Gasteiger charge is 2.34. The number of methoxy groups -OCH3 is 1. The maximum absolute atomic E-state index is 12.0. The van der Waals surface area contributed by atoms with E-state index in [1.807, 2.05) is 6.92 Å². The predicted molar refractivity (Wildman–Crippen MR) is 86.1 cm³/mol. The first-order valence-corrected chi connectivity index (χ1v) is 9.76. The van der Waals surface area contributed by atoms with Crippen LogP contribution in [0.3, 0.4) is 0 Å². The van der Waals surface area contributed by atoms with Crippen molar-refractivity contribution >= 4 is 33.2 Å². The summed E-state index contributed by atoms with van der Waals surface area (Å²) in [6.45, 7) is 3.26. The third-order valence-corrected chi connectivity index (χ3v) is 5.83. The lowest BCUT2D eigenvalue weighted by molar-refractivity contribution is 0.412. The van der Waals surface area contributed by atoms with Crippen LogP contribution in [0, 0.1) is 0 Å². The molecule has 1 unspecified atom stereocenters. The molecule has 0 saturated carbocycles. The van der Waals surface area contributed by atoms with E-state index in [9.17, 15) is 8.42 Å². The SMILES string of the molecule is CCNc1ncnc(N2CCSCC2S(C)(=O)=O)c1OC. The van der Waals surface area contributed by atoms with Gasteiger partial charge in [0, 0.05) is 30.9 Å². The number of hydrogen-bond donors (Lipinski definition) is 1. The molecule has 0 aromatic carbocycles. The summed E-state index contributed by atoms with van der Waals surface area (Å²) in [5, 5.41) is 2.51. The van der Waals surface area contributed by atoms with Gasteiger partial charge in [-0.15, -0.1) is 0 Å². The van der Waals surface area contributed by atoms with E-state index in [1.165, 1.54) is 19.7 Å². The first-order valence-electron chi connectivity index (χ1n) is 6.65. The van der Waals surface area contributed by atoms with Crippen LogP contribution >= 0.6 is 11.8 Å². The minimum Gasteiger partial charge on any atom is -0.490 e. The average Bonchev–Trinajstić information content (AvgIpc) is 2.46. The van der Waals surface area contributed by atoms with Crippen molar-refractivity contribution < 1.29 is 13.2 Å². The van der Waals surface area contributed by atoms with Crippen molar-refractivity contribution in [2.75, 3.05) is 48.2 Å². The number of thioether (sulfide) groups is 1. The molecule has 0 bridgehead atoms. The zero-order valence-corrected chi connectivity index (χ0v) is 14.0. The molecule has 0 spiro atoms.